The van der Waals surface area contributed by atoms with Crippen LogP contribution >= 0.6 is 0 Å². The highest BCUT2D eigenvalue weighted by molar-refractivity contribution is 5.94. The number of carbonyl (C=O) groups is 2. The van der Waals surface area contributed by atoms with Crippen LogP contribution in [-0.2, 0) is 4.79 Å². The molecule has 25 heavy (non-hydrogen) atoms. The zero-order valence-corrected chi connectivity index (χ0v) is 14.9. The molecular weight excluding hydrogens is 314 g/mol. The average molecular weight is 343 g/mol. The zero-order chi connectivity index (χ0) is 17.8. The molecule has 5 nitrogen and oxygen atoms in total. The van der Waals surface area contributed by atoms with Gasteiger partial charge in [-0.25, -0.2) is 0 Å². The second-order valence-corrected chi connectivity index (χ2v) is 7.72. The summed E-state index contributed by atoms with van der Waals surface area (Å²) in [5, 5.41) is 6.14. The van der Waals surface area contributed by atoms with Gasteiger partial charge in [0.05, 0.1) is 0 Å². The highest BCUT2D eigenvalue weighted by atomic mass is 16.2. The van der Waals surface area contributed by atoms with Crippen LogP contribution in [-0.4, -0.2) is 29.9 Å². The molecule has 2 aliphatic rings. The Morgan fingerprint density at radius 1 is 1.16 bits per heavy atom. The van der Waals surface area contributed by atoms with Crippen molar-refractivity contribution in [2.24, 2.45) is 17.6 Å². The molecule has 3 unspecified atom stereocenters. The largest absolute Gasteiger partial charge is 0.353 e. The molecule has 2 saturated carbocycles. The van der Waals surface area contributed by atoms with Gasteiger partial charge in [-0.1, -0.05) is 24.6 Å². The summed E-state index contributed by atoms with van der Waals surface area (Å²) >= 11 is 0. The Hall–Kier alpha value is -1.88. The predicted octanol–water partition coefficient (Wildman–Crippen LogP) is 2.22. The van der Waals surface area contributed by atoms with Crippen molar-refractivity contribution in [3.05, 3.63) is 35.9 Å². The molecule has 3 atom stereocenters. The molecule has 4 N–H and O–H groups in total. The molecule has 1 aromatic carbocycles. The fourth-order valence-electron chi connectivity index (χ4n) is 4.50. The van der Waals surface area contributed by atoms with Crippen molar-refractivity contribution in [3.8, 4) is 0 Å². The lowest BCUT2D eigenvalue weighted by Gasteiger charge is -2.45. The topological polar surface area (TPSA) is 84.2 Å². The van der Waals surface area contributed by atoms with E-state index in [1.165, 1.54) is 6.42 Å². The van der Waals surface area contributed by atoms with Crippen molar-refractivity contribution >= 4 is 11.8 Å². The molecule has 0 radical (unpaired) electrons. The number of benzene rings is 1. The van der Waals surface area contributed by atoms with Gasteiger partial charge in [0, 0.05) is 30.1 Å². The van der Waals surface area contributed by atoms with E-state index in [4.69, 9.17) is 5.73 Å². The number of rotatable bonds is 5. The molecule has 136 valence electrons. The van der Waals surface area contributed by atoms with Crippen molar-refractivity contribution in [1.29, 1.82) is 0 Å². The summed E-state index contributed by atoms with van der Waals surface area (Å²) in [6.07, 6.45) is 5.91. The molecule has 0 aromatic heterocycles. The lowest BCUT2D eigenvalue weighted by molar-refractivity contribution is -0.123. The highest BCUT2D eigenvalue weighted by Gasteiger charge is 2.39. The molecule has 0 saturated heterocycles. The number of amides is 2. The third-order valence-corrected chi connectivity index (χ3v) is 5.61. The predicted molar refractivity (Wildman–Crippen MR) is 98.0 cm³/mol. The van der Waals surface area contributed by atoms with E-state index < -0.39 is 0 Å². The number of nitrogens with two attached hydrogens (primary N) is 1. The summed E-state index contributed by atoms with van der Waals surface area (Å²) in [7, 11) is 0. The van der Waals surface area contributed by atoms with E-state index in [9.17, 15) is 9.59 Å². The Labute approximate surface area is 149 Å². The molecule has 3 rings (SSSR count). The van der Waals surface area contributed by atoms with Gasteiger partial charge in [-0.05, 0) is 56.6 Å². The minimum absolute atomic E-state index is 0.0261. The van der Waals surface area contributed by atoms with E-state index in [1.54, 1.807) is 12.1 Å². The Bertz CT molecular complexity index is 590. The fraction of sp³-hybridized carbons (Fsp3) is 0.600. The molecule has 2 bridgehead atoms. The van der Waals surface area contributed by atoms with Crippen molar-refractivity contribution in [1.82, 2.24) is 10.6 Å². The van der Waals surface area contributed by atoms with Crippen LogP contribution in [0.3, 0.4) is 0 Å². The van der Waals surface area contributed by atoms with Gasteiger partial charge in [0.1, 0.15) is 0 Å². The molecule has 2 aliphatic carbocycles. The lowest BCUT2D eigenvalue weighted by Crippen LogP contribution is -2.54. The molecular formula is C20H29N3O2. The minimum Gasteiger partial charge on any atom is -0.353 e. The Balaban J connectivity index is 1.49. The highest BCUT2D eigenvalue weighted by Crippen LogP contribution is 2.39. The van der Waals surface area contributed by atoms with E-state index in [-0.39, 0.29) is 29.9 Å². The third-order valence-electron chi connectivity index (χ3n) is 5.61. The Kier molecular flexibility index (Phi) is 5.74. The van der Waals surface area contributed by atoms with E-state index >= 15 is 0 Å². The standard InChI is InChI=1S/C20H29N3O2/c1-13(22-20(25)14-6-3-2-4-7-14)10-18(24)23-19-15-8-5-9-16(19)12-17(21)11-15/h2-4,6-7,13,15-17,19H,5,8-12,21H2,1H3,(H,22,25)(H,23,24). The summed E-state index contributed by atoms with van der Waals surface area (Å²) in [6, 6.07) is 9.44. The normalized spacial score (nSPS) is 29.5. The van der Waals surface area contributed by atoms with Crippen LogP contribution in [0.1, 0.15) is 55.8 Å². The van der Waals surface area contributed by atoms with Gasteiger partial charge in [-0.3, -0.25) is 9.59 Å². The van der Waals surface area contributed by atoms with E-state index in [2.05, 4.69) is 10.6 Å². The summed E-state index contributed by atoms with van der Waals surface area (Å²) in [5.74, 6) is 0.918. The molecule has 2 fully saturated rings. The smallest absolute Gasteiger partial charge is 0.251 e. The quantitative estimate of drug-likeness (QED) is 0.766. The van der Waals surface area contributed by atoms with Crippen LogP contribution in [0, 0.1) is 11.8 Å². The Morgan fingerprint density at radius 3 is 2.44 bits per heavy atom. The fourth-order valence-corrected chi connectivity index (χ4v) is 4.50. The maximum atomic E-state index is 12.5. The second-order valence-electron chi connectivity index (χ2n) is 7.72. The van der Waals surface area contributed by atoms with Gasteiger partial charge in [0.2, 0.25) is 5.91 Å². The molecule has 1 aromatic rings. The van der Waals surface area contributed by atoms with Gasteiger partial charge in [0.15, 0.2) is 0 Å². The summed E-state index contributed by atoms with van der Waals surface area (Å²) in [6.45, 7) is 1.87. The molecule has 0 aliphatic heterocycles. The van der Waals surface area contributed by atoms with E-state index in [0.717, 1.165) is 25.7 Å². The Morgan fingerprint density at radius 2 is 1.80 bits per heavy atom. The first-order valence-corrected chi connectivity index (χ1v) is 9.43. The molecule has 5 heteroatoms. The van der Waals surface area contributed by atoms with E-state index in [0.29, 0.717) is 23.8 Å². The maximum absolute atomic E-state index is 12.5. The van der Waals surface area contributed by atoms with Crippen molar-refractivity contribution in [2.75, 3.05) is 0 Å². The number of carbonyl (C=O) groups excluding carboxylic acids is 2. The monoisotopic (exact) mass is 343 g/mol. The number of fused-ring (bicyclic) bond motifs is 2. The second kappa shape index (κ2) is 8.00. The van der Waals surface area contributed by atoms with Crippen LogP contribution in [0.15, 0.2) is 30.3 Å². The third kappa shape index (κ3) is 4.60. The van der Waals surface area contributed by atoms with Crippen LogP contribution in [0.5, 0.6) is 0 Å². The van der Waals surface area contributed by atoms with Crippen LogP contribution in [0.2, 0.25) is 0 Å². The maximum Gasteiger partial charge on any atom is 0.251 e. The molecule has 0 spiro atoms. The van der Waals surface area contributed by atoms with Gasteiger partial charge in [-0.2, -0.15) is 0 Å². The van der Waals surface area contributed by atoms with Gasteiger partial charge in [0.25, 0.3) is 5.91 Å². The average Bonchev–Trinajstić information content (AvgIpc) is 2.56. The first-order valence-electron chi connectivity index (χ1n) is 9.43. The number of hydrogen-bond donors (Lipinski definition) is 3. The summed E-state index contributed by atoms with van der Waals surface area (Å²) in [4.78, 5) is 24.6. The minimum atomic E-state index is -0.196. The SMILES string of the molecule is CC(CC(=O)NC1C2CCCC1CC(N)C2)NC(=O)c1ccccc1. The summed E-state index contributed by atoms with van der Waals surface area (Å²) in [5.41, 5.74) is 6.76. The van der Waals surface area contributed by atoms with Crippen molar-refractivity contribution in [3.63, 3.8) is 0 Å². The van der Waals surface area contributed by atoms with Gasteiger partial charge >= 0.3 is 0 Å². The lowest BCUT2D eigenvalue weighted by atomic mass is 9.67. The van der Waals surface area contributed by atoms with Crippen LogP contribution in [0.4, 0.5) is 0 Å². The van der Waals surface area contributed by atoms with Crippen LogP contribution in [0.25, 0.3) is 0 Å². The summed E-state index contributed by atoms with van der Waals surface area (Å²) < 4.78 is 0. The number of hydrogen-bond acceptors (Lipinski definition) is 3. The number of nitrogens with one attached hydrogen (secondary N) is 2. The molecule has 0 heterocycles. The van der Waals surface area contributed by atoms with Gasteiger partial charge in [-0.15, -0.1) is 0 Å². The van der Waals surface area contributed by atoms with Crippen molar-refractivity contribution < 1.29 is 9.59 Å². The van der Waals surface area contributed by atoms with Gasteiger partial charge < -0.3 is 16.4 Å². The first-order chi connectivity index (χ1) is 12.0. The zero-order valence-electron chi connectivity index (χ0n) is 14.9. The molecule has 2 amide bonds. The van der Waals surface area contributed by atoms with Crippen LogP contribution < -0.4 is 16.4 Å². The van der Waals surface area contributed by atoms with Crippen molar-refractivity contribution in [2.45, 2.75) is 63.6 Å². The van der Waals surface area contributed by atoms with E-state index in [1.807, 2.05) is 25.1 Å². The first kappa shape index (κ1) is 17.9.